The Balaban J connectivity index is 2.07. The molecule has 1 unspecified atom stereocenters. The molecule has 2 bridgehead atoms. The summed E-state index contributed by atoms with van der Waals surface area (Å²) < 4.78 is 1.31. The summed E-state index contributed by atoms with van der Waals surface area (Å²) in [5.41, 5.74) is -1.95. The Labute approximate surface area is 113 Å². The Bertz CT molecular complexity index is 693. The second-order valence-corrected chi connectivity index (χ2v) is 5.51. The number of nitrogens with one attached hydrogen (secondary N) is 2. The molecule has 1 aromatic rings. The SMILES string of the molecule is Cc1cn([C@@H]2C[C@@]3(CO)C(=O)N[C@H]2C3O)c(=O)[nH]c1=O. The monoisotopic (exact) mass is 281 g/mol. The molecule has 1 amide bonds. The van der Waals surface area contributed by atoms with Crippen LogP contribution in [0, 0.1) is 12.3 Å². The van der Waals surface area contributed by atoms with Crippen LogP contribution < -0.4 is 16.6 Å². The van der Waals surface area contributed by atoms with Gasteiger partial charge in [-0.05, 0) is 13.3 Å². The average molecular weight is 281 g/mol. The molecular formula is C12H15N3O5. The molecule has 20 heavy (non-hydrogen) atoms. The van der Waals surface area contributed by atoms with Gasteiger partial charge < -0.3 is 15.5 Å². The molecule has 0 aromatic carbocycles. The number of aliphatic hydroxyl groups is 2. The smallest absolute Gasteiger partial charge is 0.328 e. The van der Waals surface area contributed by atoms with E-state index in [0.717, 1.165) is 0 Å². The summed E-state index contributed by atoms with van der Waals surface area (Å²) in [5.74, 6) is -0.400. The number of hydrogen-bond acceptors (Lipinski definition) is 5. The van der Waals surface area contributed by atoms with Crippen molar-refractivity contribution >= 4 is 5.91 Å². The fourth-order valence-electron chi connectivity index (χ4n) is 3.21. The predicted molar refractivity (Wildman–Crippen MR) is 67.2 cm³/mol. The van der Waals surface area contributed by atoms with Crippen molar-refractivity contribution in [1.29, 1.82) is 0 Å². The highest BCUT2D eigenvalue weighted by atomic mass is 16.3. The van der Waals surface area contributed by atoms with Crippen molar-refractivity contribution in [2.45, 2.75) is 31.5 Å². The largest absolute Gasteiger partial charge is 0.395 e. The van der Waals surface area contributed by atoms with Crippen molar-refractivity contribution in [2.75, 3.05) is 6.61 Å². The molecule has 108 valence electrons. The van der Waals surface area contributed by atoms with Gasteiger partial charge in [-0.25, -0.2) is 4.79 Å². The summed E-state index contributed by atoms with van der Waals surface area (Å²) in [6.45, 7) is 1.09. The zero-order chi connectivity index (χ0) is 14.7. The van der Waals surface area contributed by atoms with Crippen molar-refractivity contribution in [1.82, 2.24) is 14.9 Å². The number of carbonyl (C=O) groups excluding carboxylic acids is 1. The highest BCUT2D eigenvalue weighted by Gasteiger charge is 2.64. The first-order valence-electron chi connectivity index (χ1n) is 6.32. The maximum absolute atomic E-state index is 11.9. The van der Waals surface area contributed by atoms with Crippen LogP contribution in [-0.4, -0.2) is 44.4 Å². The van der Waals surface area contributed by atoms with Crippen LogP contribution >= 0.6 is 0 Å². The number of H-pyrrole nitrogens is 1. The van der Waals surface area contributed by atoms with Gasteiger partial charge in [0.2, 0.25) is 5.91 Å². The van der Waals surface area contributed by atoms with Gasteiger partial charge >= 0.3 is 5.69 Å². The minimum absolute atomic E-state index is 0.159. The third-order valence-corrected chi connectivity index (χ3v) is 4.43. The normalized spacial score (nSPS) is 35.4. The standard InChI is InChI=1S/C12H15N3O5/c1-5-3-15(11(20)14-9(5)18)6-2-12(4-16)8(17)7(6)13-10(12)19/h3,6-8,16-17H,2,4H2,1H3,(H,13,19)(H,14,18,20)/t6-,7-,8?,12+/m1/s1. The number of aromatic amines is 1. The van der Waals surface area contributed by atoms with Gasteiger partial charge in [0.05, 0.1) is 24.8 Å². The molecule has 1 aliphatic heterocycles. The second-order valence-electron chi connectivity index (χ2n) is 5.51. The molecule has 4 atom stereocenters. The van der Waals surface area contributed by atoms with Crippen molar-refractivity contribution in [3.63, 3.8) is 0 Å². The van der Waals surface area contributed by atoms with E-state index in [4.69, 9.17) is 0 Å². The van der Waals surface area contributed by atoms with Crippen LogP contribution in [0.1, 0.15) is 18.0 Å². The van der Waals surface area contributed by atoms with Crippen molar-refractivity contribution in [3.05, 3.63) is 32.6 Å². The van der Waals surface area contributed by atoms with Crippen LogP contribution in [0.2, 0.25) is 0 Å². The first-order valence-corrected chi connectivity index (χ1v) is 6.32. The third-order valence-electron chi connectivity index (χ3n) is 4.43. The lowest BCUT2D eigenvalue weighted by Crippen LogP contribution is -2.46. The van der Waals surface area contributed by atoms with E-state index < -0.39 is 47.4 Å². The Hall–Kier alpha value is -1.93. The number of carbonyl (C=O) groups is 1. The lowest BCUT2D eigenvalue weighted by Gasteiger charge is -2.28. The number of aliphatic hydroxyl groups excluding tert-OH is 2. The average Bonchev–Trinajstić information content (AvgIpc) is 2.81. The lowest BCUT2D eigenvalue weighted by atomic mass is 9.85. The van der Waals surface area contributed by atoms with E-state index >= 15 is 0 Å². The van der Waals surface area contributed by atoms with Crippen LogP contribution in [0.15, 0.2) is 15.8 Å². The number of hydrogen-bond donors (Lipinski definition) is 4. The van der Waals surface area contributed by atoms with Gasteiger partial charge in [-0.2, -0.15) is 0 Å². The van der Waals surface area contributed by atoms with Gasteiger partial charge in [0.15, 0.2) is 0 Å². The first kappa shape index (κ1) is 13.1. The number of fused-ring (bicyclic) bond motifs is 2. The number of aromatic nitrogens is 2. The van der Waals surface area contributed by atoms with Crippen LogP contribution in [0.4, 0.5) is 0 Å². The topological polar surface area (TPSA) is 124 Å². The van der Waals surface area contributed by atoms with Crippen molar-refractivity contribution in [3.8, 4) is 0 Å². The molecule has 8 heteroatoms. The minimum Gasteiger partial charge on any atom is -0.395 e. The van der Waals surface area contributed by atoms with Crippen molar-refractivity contribution < 1.29 is 15.0 Å². The molecule has 1 saturated carbocycles. The van der Waals surface area contributed by atoms with Gasteiger partial charge in [0.25, 0.3) is 5.56 Å². The molecule has 2 heterocycles. The quantitative estimate of drug-likeness (QED) is 0.482. The summed E-state index contributed by atoms with van der Waals surface area (Å²) in [5, 5.41) is 22.2. The molecule has 1 saturated heterocycles. The maximum Gasteiger partial charge on any atom is 0.328 e. The van der Waals surface area contributed by atoms with E-state index in [0.29, 0.717) is 5.56 Å². The van der Waals surface area contributed by atoms with E-state index in [1.807, 2.05) is 0 Å². The molecule has 0 spiro atoms. The molecule has 8 nitrogen and oxygen atoms in total. The molecule has 4 N–H and O–H groups in total. The molecule has 1 aliphatic carbocycles. The number of rotatable bonds is 2. The Kier molecular flexibility index (Phi) is 2.63. The first-order chi connectivity index (χ1) is 9.40. The van der Waals surface area contributed by atoms with E-state index in [2.05, 4.69) is 10.3 Å². The predicted octanol–water partition coefficient (Wildman–Crippen LogP) is -2.37. The molecule has 0 radical (unpaired) electrons. The molecular weight excluding hydrogens is 266 g/mol. The number of nitrogens with zero attached hydrogens (tertiary/aromatic N) is 1. The molecule has 2 fully saturated rings. The zero-order valence-corrected chi connectivity index (χ0v) is 10.8. The van der Waals surface area contributed by atoms with Gasteiger partial charge in [-0.3, -0.25) is 19.1 Å². The van der Waals surface area contributed by atoms with Crippen LogP contribution in [0.5, 0.6) is 0 Å². The summed E-state index contributed by atoms with van der Waals surface area (Å²) in [7, 11) is 0. The molecule has 2 aliphatic rings. The van der Waals surface area contributed by atoms with E-state index in [-0.39, 0.29) is 6.42 Å². The third kappa shape index (κ3) is 1.46. The van der Waals surface area contributed by atoms with Crippen LogP contribution in [0.25, 0.3) is 0 Å². The van der Waals surface area contributed by atoms with E-state index in [1.165, 1.54) is 10.8 Å². The van der Waals surface area contributed by atoms with Crippen molar-refractivity contribution in [2.24, 2.45) is 5.41 Å². The van der Waals surface area contributed by atoms with Gasteiger partial charge in [-0.1, -0.05) is 0 Å². The Morgan fingerprint density at radius 3 is 2.75 bits per heavy atom. The Morgan fingerprint density at radius 1 is 1.45 bits per heavy atom. The zero-order valence-electron chi connectivity index (χ0n) is 10.8. The highest BCUT2D eigenvalue weighted by molar-refractivity contribution is 5.88. The Morgan fingerprint density at radius 2 is 2.15 bits per heavy atom. The highest BCUT2D eigenvalue weighted by Crippen LogP contribution is 2.48. The van der Waals surface area contributed by atoms with E-state index in [1.54, 1.807) is 6.92 Å². The van der Waals surface area contributed by atoms with Gasteiger partial charge in [-0.15, -0.1) is 0 Å². The summed E-state index contributed by atoms with van der Waals surface area (Å²) in [6.07, 6.45) is 0.521. The second kappa shape index (κ2) is 4.03. The summed E-state index contributed by atoms with van der Waals surface area (Å²) in [4.78, 5) is 37.3. The van der Waals surface area contributed by atoms with Gasteiger partial charge in [0.1, 0.15) is 5.41 Å². The van der Waals surface area contributed by atoms with E-state index in [9.17, 15) is 24.6 Å². The minimum atomic E-state index is -1.27. The molecule has 3 rings (SSSR count). The summed E-state index contributed by atoms with van der Waals surface area (Å²) >= 11 is 0. The molecule has 1 aromatic heterocycles. The fourth-order valence-corrected chi connectivity index (χ4v) is 3.21. The van der Waals surface area contributed by atoms with Gasteiger partial charge in [0, 0.05) is 11.8 Å². The number of aryl methyl sites for hydroxylation is 1. The number of piperidine rings is 1. The fraction of sp³-hybridized carbons (Fsp3) is 0.583. The van der Waals surface area contributed by atoms with Crippen LogP contribution in [0.3, 0.4) is 0 Å². The summed E-state index contributed by atoms with van der Waals surface area (Å²) in [6, 6.07) is -1.13. The van der Waals surface area contributed by atoms with Crippen LogP contribution in [-0.2, 0) is 4.79 Å². The lowest BCUT2D eigenvalue weighted by molar-refractivity contribution is -0.134. The number of amides is 1. The maximum atomic E-state index is 11.9.